The highest BCUT2D eigenvalue weighted by Gasteiger charge is 2.46. The molecule has 1 aromatic carbocycles. The van der Waals surface area contributed by atoms with Gasteiger partial charge >= 0.3 is 0 Å². The topological polar surface area (TPSA) is 46.6 Å². The zero-order chi connectivity index (χ0) is 16.6. The molecule has 2 aliphatic heterocycles. The van der Waals surface area contributed by atoms with Crippen LogP contribution in [0.25, 0.3) is 6.08 Å². The lowest BCUT2D eigenvalue weighted by Gasteiger charge is -2.34. The Morgan fingerprint density at radius 1 is 1.25 bits per heavy atom. The molecule has 1 aromatic heterocycles. The number of benzene rings is 1. The molecule has 24 heavy (non-hydrogen) atoms. The molecule has 2 aromatic rings. The van der Waals surface area contributed by atoms with Crippen molar-refractivity contribution in [2.24, 2.45) is 0 Å². The summed E-state index contributed by atoms with van der Waals surface area (Å²) in [5.41, 5.74) is 0.0724. The van der Waals surface area contributed by atoms with Crippen molar-refractivity contribution in [1.82, 2.24) is 4.90 Å². The first-order chi connectivity index (χ1) is 11.7. The molecular weight excluding hydrogens is 322 g/mol. The fraction of sp³-hybridized carbons (Fsp3) is 0.263. The van der Waals surface area contributed by atoms with Gasteiger partial charge in [0.15, 0.2) is 5.78 Å². The van der Waals surface area contributed by atoms with E-state index in [0.717, 1.165) is 4.88 Å². The molecule has 1 fully saturated rings. The van der Waals surface area contributed by atoms with Gasteiger partial charge < -0.3 is 9.64 Å². The van der Waals surface area contributed by atoms with Crippen LogP contribution in [0.3, 0.4) is 0 Å². The zero-order valence-corrected chi connectivity index (χ0v) is 13.9. The molecule has 0 unspecified atom stereocenters. The van der Waals surface area contributed by atoms with Crippen molar-refractivity contribution in [3.63, 3.8) is 0 Å². The summed E-state index contributed by atoms with van der Waals surface area (Å²) in [6.07, 6.45) is 4.46. The van der Waals surface area contributed by atoms with Gasteiger partial charge in [-0.05, 0) is 29.7 Å². The van der Waals surface area contributed by atoms with E-state index < -0.39 is 5.60 Å². The molecule has 5 heteroatoms. The van der Waals surface area contributed by atoms with Crippen LogP contribution >= 0.6 is 11.3 Å². The Kier molecular flexibility index (Phi) is 3.73. The van der Waals surface area contributed by atoms with Crippen LogP contribution in [0, 0.1) is 0 Å². The van der Waals surface area contributed by atoms with Crippen molar-refractivity contribution in [3.8, 4) is 5.75 Å². The minimum atomic E-state index is -0.572. The zero-order valence-electron chi connectivity index (χ0n) is 13.1. The van der Waals surface area contributed by atoms with Gasteiger partial charge in [0, 0.05) is 23.9 Å². The Balaban J connectivity index is 1.48. The molecular formula is C19H17NO3S. The largest absolute Gasteiger partial charge is 0.484 e. The summed E-state index contributed by atoms with van der Waals surface area (Å²) in [5.74, 6) is 0.702. The van der Waals surface area contributed by atoms with Crippen LogP contribution in [0.4, 0.5) is 0 Å². The number of thiophene rings is 1. The second-order valence-electron chi connectivity index (χ2n) is 6.24. The van der Waals surface area contributed by atoms with Gasteiger partial charge in [0.25, 0.3) is 0 Å². The van der Waals surface area contributed by atoms with Gasteiger partial charge in [0.1, 0.15) is 11.4 Å². The summed E-state index contributed by atoms with van der Waals surface area (Å²) in [6.45, 7) is 1.07. The monoisotopic (exact) mass is 339 g/mol. The molecule has 0 aliphatic carbocycles. The molecule has 0 saturated carbocycles. The number of hydrogen-bond donors (Lipinski definition) is 0. The molecule has 1 saturated heterocycles. The smallest absolute Gasteiger partial charge is 0.246 e. The number of ether oxygens (including phenoxy) is 1. The lowest BCUT2D eigenvalue weighted by molar-refractivity contribution is -0.125. The van der Waals surface area contributed by atoms with E-state index >= 15 is 0 Å². The molecule has 4 nitrogen and oxygen atoms in total. The first-order valence-corrected chi connectivity index (χ1v) is 8.85. The Morgan fingerprint density at radius 2 is 2.12 bits per heavy atom. The number of carbonyl (C=O) groups is 2. The van der Waals surface area contributed by atoms with E-state index in [2.05, 4.69) is 0 Å². The number of fused-ring (bicyclic) bond motifs is 1. The van der Waals surface area contributed by atoms with Gasteiger partial charge in [0.05, 0.1) is 18.5 Å². The molecule has 1 spiro atoms. The van der Waals surface area contributed by atoms with Crippen molar-refractivity contribution in [2.45, 2.75) is 18.4 Å². The van der Waals surface area contributed by atoms with Crippen molar-refractivity contribution in [3.05, 3.63) is 58.3 Å². The lowest BCUT2D eigenvalue weighted by atomic mass is 9.89. The van der Waals surface area contributed by atoms with E-state index in [1.165, 1.54) is 0 Å². The minimum Gasteiger partial charge on any atom is -0.484 e. The maximum atomic E-state index is 12.4. The van der Waals surface area contributed by atoms with E-state index in [0.29, 0.717) is 37.2 Å². The highest BCUT2D eigenvalue weighted by molar-refractivity contribution is 7.10. The first-order valence-electron chi connectivity index (χ1n) is 7.97. The van der Waals surface area contributed by atoms with E-state index in [9.17, 15) is 9.59 Å². The third-order valence-corrected chi connectivity index (χ3v) is 5.40. The van der Waals surface area contributed by atoms with Crippen LogP contribution in [0.5, 0.6) is 5.75 Å². The Labute approximate surface area is 144 Å². The lowest BCUT2D eigenvalue weighted by Crippen LogP contribution is -2.45. The number of nitrogens with zero attached hydrogens (tertiary/aromatic N) is 1. The van der Waals surface area contributed by atoms with Crippen LogP contribution < -0.4 is 4.74 Å². The Bertz CT molecular complexity index is 812. The van der Waals surface area contributed by atoms with Gasteiger partial charge in [0.2, 0.25) is 5.91 Å². The average molecular weight is 339 g/mol. The molecule has 0 radical (unpaired) electrons. The molecule has 122 valence electrons. The number of likely N-dealkylation sites (tertiary alicyclic amines) is 1. The number of ketones is 1. The SMILES string of the molecule is O=C1C[C@@]2(CCN(C(=O)/C=C/c3cccs3)C2)Oc2ccccc21. The summed E-state index contributed by atoms with van der Waals surface area (Å²) >= 11 is 1.59. The molecule has 1 atom stereocenters. The maximum absolute atomic E-state index is 12.4. The van der Waals surface area contributed by atoms with Crippen molar-refractivity contribution >= 4 is 29.1 Å². The quantitative estimate of drug-likeness (QED) is 0.788. The van der Waals surface area contributed by atoms with Crippen molar-refractivity contribution in [1.29, 1.82) is 0 Å². The summed E-state index contributed by atoms with van der Waals surface area (Å²) in [7, 11) is 0. The third-order valence-electron chi connectivity index (χ3n) is 4.56. The van der Waals surface area contributed by atoms with Gasteiger partial charge in [-0.1, -0.05) is 18.2 Å². The Hall–Kier alpha value is -2.40. The van der Waals surface area contributed by atoms with E-state index in [4.69, 9.17) is 4.74 Å². The third kappa shape index (κ3) is 2.76. The van der Waals surface area contributed by atoms with E-state index in [1.54, 1.807) is 28.4 Å². The van der Waals surface area contributed by atoms with Crippen LogP contribution in [0.1, 0.15) is 28.1 Å². The van der Waals surface area contributed by atoms with Gasteiger partial charge in [-0.15, -0.1) is 11.3 Å². The number of amides is 1. The second-order valence-corrected chi connectivity index (χ2v) is 7.22. The van der Waals surface area contributed by atoms with Crippen molar-refractivity contribution < 1.29 is 14.3 Å². The number of rotatable bonds is 2. The van der Waals surface area contributed by atoms with Crippen LogP contribution in [-0.4, -0.2) is 35.3 Å². The second kappa shape index (κ2) is 5.91. The molecule has 1 amide bonds. The minimum absolute atomic E-state index is 0.0322. The average Bonchev–Trinajstić information content (AvgIpc) is 3.23. The van der Waals surface area contributed by atoms with Crippen LogP contribution in [-0.2, 0) is 4.79 Å². The fourth-order valence-electron chi connectivity index (χ4n) is 3.35. The summed E-state index contributed by atoms with van der Waals surface area (Å²) < 4.78 is 6.14. The van der Waals surface area contributed by atoms with Gasteiger partial charge in [-0.3, -0.25) is 9.59 Å². The van der Waals surface area contributed by atoms with Crippen LogP contribution in [0.15, 0.2) is 47.9 Å². The molecule has 0 N–H and O–H groups in total. The normalized spacial score (nSPS) is 22.8. The van der Waals surface area contributed by atoms with Gasteiger partial charge in [-0.2, -0.15) is 0 Å². The van der Waals surface area contributed by atoms with E-state index in [-0.39, 0.29) is 11.7 Å². The number of Topliss-reactive ketones (excluding diaryl/α,β-unsaturated/α-hetero) is 1. The fourth-order valence-corrected chi connectivity index (χ4v) is 3.97. The number of para-hydroxylation sites is 1. The highest BCUT2D eigenvalue weighted by Crippen LogP contribution is 2.38. The first kappa shape index (κ1) is 15.1. The molecule has 4 rings (SSSR count). The molecule has 2 aliphatic rings. The van der Waals surface area contributed by atoms with E-state index in [1.807, 2.05) is 41.8 Å². The van der Waals surface area contributed by atoms with Crippen LogP contribution in [0.2, 0.25) is 0 Å². The van der Waals surface area contributed by atoms with Crippen molar-refractivity contribution in [2.75, 3.05) is 13.1 Å². The highest BCUT2D eigenvalue weighted by atomic mass is 32.1. The summed E-state index contributed by atoms with van der Waals surface area (Å²) in [6, 6.07) is 11.3. The molecule has 0 bridgehead atoms. The summed E-state index contributed by atoms with van der Waals surface area (Å²) in [4.78, 5) is 27.6. The van der Waals surface area contributed by atoms with Gasteiger partial charge in [-0.25, -0.2) is 0 Å². The standard InChI is InChI=1S/C19H17NO3S/c21-16-12-19(23-17-6-2-1-5-15(16)17)9-10-20(13-19)18(22)8-7-14-4-3-11-24-14/h1-8,11H,9-10,12-13H2/b8-7+/t19-/m1/s1. The Morgan fingerprint density at radius 3 is 2.96 bits per heavy atom. The summed E-state index contributed by atoms with van der Waals surface area (Å²) in [5, 5.41) is 1.98. The predicted molar refractivity (Wildman–Crippen MR) is 93.3 cm³/mol. The molecule has 3 heterocycles. The maximum Gasteiger partial charge on any atom is 0.246 e. The number of hydrogen-bond acceptors (Lipinski definition) is 4. The predicted octanol–water partition coefficient (Wildman–Crippen LogP) is 3.40. The number of carbonyl (C=O) groups excluding carboxylic acids is 2.